The maximum absolute atomic E-state index is 12.1. The number of fused-ring (bicyclic) bond motifs is 1. The summed E-state index contributed by atoms with van der Waals surface area (Å²) >= 11 is 5.80. The van der Waals surface area contributed by atoms with Crippen molar-refractivity contribution in [1.82, 2.24) is 14.9 Å². The number of amides is 1. The van der Waals surface area contributed by atoms with E-state index in [0.29, 0.717) is 17.1 Å². The third-order valence-electron chi connectivity index (χ3n) is 4.07. The Kier molecular flexibility index (Phi) is 5.14. The lowest BCUT2D eigenvalue weighted by atomic mass is 10.1. The fraction of sp³-hybridized carbons (Fsp3) is 0.211. The van der Waals surface area contributed by atoms with Gasteiger partial charge in [0.15, 0.2) is 5.78 Å². The van der Waals surface area contributed by atoms with E-state index < -0.39 is 0 Å². The van der Waals surface area contributed by atoms with Gasteiger partial charge >= 0.3 is 0 Å². The molecule has 128 valence electrons. The monoisotopic (exact) mass is 355 g/mol. The highest BCUT2D eigenvalue weighted by atomic mass is 35.5. The van der Waals surface area contributed by atoms with Gasteiger partial charge in [-0.1, -0.05) is 23.7 Å². The first-order chi connectivity index (χ1) is 12.0. The number of carbonyl (C=O) groups excluding carboxylic acids is 2. The molecular formula is C19H18ClN3O2. The highest BCUT2D eigenvalue weighted by Crippen LogP contribution is 2.14. The maximum Gasteiger partial charge on any atom is 0.220 e. The molecule has 0 aliphatic rings. The number of ketones is 1. The average Bonchev–Trinajstić information content (AvgIpc) is 2.95. The first-order valence-corrected chi connectivity index (χ1v) is 8.38. The van der Waals surface area contributed by atoms with Crippen LogP contribution in [0.4, 0.5) is 0 Å². The highest BCUT2D eigenvalue weighted by molar-refractivity contribution is 6.30. The summed E-state index contributed by atoms with van der Waals surface area (Å²) < 4.78 is 1.95. The molecule has 0 radical (unpaired) electrons. The van der Waals surface area contributed by atoms with Crippen LogP contribution in [-0.4, -0.2) is 21.2 Å². The number of hydrogen-bond donors (Lipinski definition) is 1. The molecule has 1 heterocycles. The predicted octanol–water partition coefficient (Wildman–Crippen LogP) is 3.51. The number of halogens is 1. The minimum absolute atomic E-state index is 0.0745. The second-order valence-corrected chi connectivity index (χ2v) is 6.22. The number of aromatic nitrogens is 2. The number of aryl methyl sites for hydroxylation is 1. The van der Waals surface area contributed by atoms with Gasteiger partial charge in [0, 0.05) is 30.5 Å². The number of nitrogens with one attached hydrogen (secondary N) is 1. The molecule has 25 heavy (non-hydrogen) atoms. The Morgan fingerprint density at radius 2 is 1.80 bits per heavy atom. The molecule has 0 atom stereocenters. The van der Waals surface area contributed by atoms with E-state index >= 15 is 0 Å². The number of hydrogen-bond acceptors (Lipinski definition) is 3. The van der Waals surface area contributed by atoms with Gasteiger partial charge in [-0.25, -0.2) is 4.98 Å². The number of imidazole rings is 1. The third kappa shape index (κ3) is 4.06. The van der Waals surface area contributed by atoms with Crippen molar-refractivity contribution in [1.29, 1.82) is 0 Å². The molecule has 0 saturated heterocycles. The number of carbonyl (C=O) groups is 2. The van der Waals surface area contributed by atoms with E-state index in [2.05, 4.69) is 10.3 Å². The molecule has 2 aromatic carbocycles. The van der Waals surface area contributed by atoms with Crippen molar-refractivity contribution < 1.29 is 9.59 Å². The Hall–Kier alpha value is -2.66. The predicted molar refractivity (Wildman–Crippen MR) is 97.6 cm³/mol. The Balaban J connectivity index is 1.53. The van der Waals surface area contributed by atoms with E-state index in [-0.39, 0.29) is 24.5 Å². The fourth-order valence-electron chi connectivity index (χ4n) is 2.63. The van der Waals surface area contributed by atoms with E-state index in [4.69, 9.17) is 11.6 Å². The van der Waals surface area contributed by atoms with Crippen molar-refractivity contribution in [3.63, 3.8) is 0 Å². The molecule has 0 spiro atoms. The number of para-hydroxylation sites is 2. The molecule has 0 aliphatic heterocycles. The molecule has 1 amide bonds. The third-order valence-corrected chi connectivity index (χ3v) is 4.32. The summed E-state index contributed by atoms with van der Waals surface area (Å²) in [5, 5.41) is 3.40. The van der Waals surface area contributed by atoms with Crippen LogP contribution in [0.25, 0.3) is 11.0 Å². The summed E-state index contributed by atoms with van der Waals surface area (Å²) in [7, 11) is 1.92. The van der Waals surface area contributed by atoms with Crippen LogP contribution in [0, 0.1) is 0 Å². The van der Waals surface area contributed by atoms with Gasteiger partial charge in [-0.2, -0.15) is 0 Å². The molecule has 0 bridgehead atoms. The maximum atomic E-state index is 12.1. The smallest absolute Gasteiger partial charge is 0.220 e. The summed E-state index contributed by atoms with van der Waals surface area (Å²) in [5.41, 5.74) is 2.48. The number of benzene rings is 2. The molecule has 1 aromatic heterocycles. The second-order valence-electron chi connectivity index (χ2n) is 5.78. The Morgan fingerprint density at radius 1 is 1.08 bits per heavy atom. The first kappa shape index (κ1) is 17.2. The van der Waals surface area contributed by atoms with Crippen LogP contribution in [-0.2, 0) is 18.4 Å². The number of rotatable bonds is 6. The largest absolute Gasteiger partial charge is 0.349 e. The van der Waals surface area contributed by atoms with Gasteiger partial charge in [0.1, 0.15) is 5.82 Å². The van der Waals surface area contributed by atoms with Crippen molar-refractivity contribution in [2.75, 3.05) is 0 Å². The van der Waals surface area contributed by atoms with E-state index in [1.54, 1.807) is 24.3 Å². The lowest BCUT2D eigenvalue weighted by Crippen LogP contribution is -2.24. The summed E-state index contributed by atoms with van der Waals surface area (Å²) in [6.45, 7) is 0.332. The van der Waals surface area contributed by atoms with E-state index in [9.17, 15) is 9.59 Å². The van der Waals surface area contributed by atoms with Crippen molar-refractivity contribution in [2.45, 2.75) is 19.4 Å². The first-order valence-electron chi connectivity index (χ1n) is 8.00. The standard InChI is InChI=1S/C19H18ClN3O2/c1-23-16-5-3-2-4-15(16)22-18(23)12-21-19(25)11-10-17(24)13-6-8-14(20)9-7-13/h2-9H,10-12H2,1H3,(H,21,25). The van der Waals surface area contributed by atoms with Gasteiger partial charge in [-0.15, -0.1) is 0 Å². The van der Waals surface area contributed by atoms with E-state index in [1.165, 1.54) is 0 Å². The van der Waals surface area contributed by atoms with Gasteiger partial charge in [0.25, 0.3) is 0 Å². The average molecular weight is 356 g/mol. The SMILES string of the molecule is Cn1c(CNC(=O)CCC(=O)c2ccc(Cl)cc2)nc2ccccc21. The summed E-state index contributed by atoms with van der Waals surface area (Å²) in [6.07, 6.45) is 0.307. The Labute approximate surface area is 150 Å². The Bertz CT molecular complexity index is 916. The minimum Gasteiger partial charge on any atom is -0.349 e. The van der Waals surface area contributed by atoms with E-state index in [1.807, 2.05) is 35.9 Å². The highest BCUT2D eigenvalue weighted by Gasteiger charge is 2.11. The van der Waals surface area contributed by atoms with Crippen LogP contribution in [0.15, 0.2) is 48.5 Å². The molecule has 0 fully saturated rings. The lowest BCUT2D eigenvalue weighted by molar-refractivity contribution is -0.121. The lowest BCUT2D eigenvalue weighted by Gasteiger charge is -2.06. The Morgan fingerprint density at radius 3 is 2.52 bits per heavy atom. The van der Waals surface area contributed by atoms with Gasteiger partial charge in [-0.05, 0) is 36.4 Å². The van der Waals surface area contributed by atoms with Crippen LogP contribution < -0.4 is 5.32 Å². The van der Waals surface area contributed by atoms with Crippen molar-refractivity contribution in [3.8, 4) is 0 Å². The van der Waals surface area contributed by atoms with Gasteiger partial charge in [-0.3, -0.25) is 9.59 Å². The molecule has 0 saturated carbocycles. The van der Waals surface area contributed by atoms with Crippen molar-refractivity contribution in [2.24, 2.45) is 7.05 Å². The van der Waals surface area contributed by atoms with Gasteiger partial charge in [0.2, 0.25) is 5.91 Å². The molecule has 6 heteroatoms. The van der Waals surface area contributed by atoms with Crippen LogP contribution in [0.2, 0.25) is 5.02 Å². The van der Waals surface area contributed by atoms with Crippen LogP contribution >= 0.6 is 11.6 Å². The summed E-state index contributed by atoms with van der Waals surface area (Å²) in [4.78, 5) is 28.6. The summed E-state index contributed by atoms with van der Waals surface area (Å²) in [5.74, 6) is 0.530. The van der Waals surface area contributed by atoms with E-state index in [0.717, 1.165) is 16.9 Å². The molecule has 0 aliphatic carbocycles. The zero-order chi connectivity index (χ0) is 17.8. The summed E-state index contributed by atoms with van der Waals surface area (Å²) in [6, 6.07) is 14.5. The quantitative estimate of drug-likeness (QED) is 0.688. The van der Waals surface area contributed by atoms with Crippen molar-refractivity contribution in [3.05, 3.63) is 64.9 Å². The molecular weight excluding hydrogens is 338 g/mol. The molecule has 0 unspecified atom stereocenters. The minimum atomic E-state index is -0.172. The molecule has 5 nitrogen and oxygen atoms in total. The zero-order valence-electron chi connectivity index (χ0n) is 13.8. The van der Waals surface area contributed by atoms with Gasteiger partial charge in [0.05, 0.1) is 17.6 Å². The van der Waals surface area contributed by atoms with Crippen LogP contribution in [0.1, 0.15) is 29.0 Å². The topological polar surface area (TPSA) is 64.0 Å². The second kappa shape index (κ2) is 7.49. The zero-order valence-corrected chi connectivity index (χ0v) is 14.6. The normalized spacial score (nSPS) is 10.8. The van der Waals surface area contributed by atoms with Gasteiger partial charge < -0.3 is 9.88 Å². The van der Waals surface area contributed by atoms with Crippen LogP contribution in [0.3, 0.4) is 0 Å². The van der Waals surface area contributed by atoms with Crippen molar-refractivity contribution >= 4 is 34.3 Å². The number of nitrogens with zero attached hydrogens (tertiary/aromatic N) is 2. The molecule has 3 aromatic rings. The molecule has 3 rings (SSSR count). The van der Waals surface area contributed by atoms with Crippen LogP contribution in [0.5, 0.6) is 0 Å². The molecule has 1 N–H and O–H groups in total. The fourth-order valence-corrected chi connectivity index (χ4v) is 2.75. The number of Topliss-reactive ketones (excluding diaryl/α,β-unsaturated/α-hetero) is 1.